The topological polar surface area (TPSA) is 59.1 Å². The Bertz CT molecular complexity index is 954. The molecule has 1 amide bonds. The molecule has 0 spiro atoms. The minimum Gasteiger partial charge on any atom is -0.493 e. The molecule has 27 heavy (non-hydrogen) atoms. The summed E-state index contributed by atoms with van der Waals surface area (Å²) in [6.07, 6.45) is 1.73. The lowest BCUT2D eigenvalue weighted by molar-refractivity contribution is -0.140. The Morgan fingerprint density at radius 2 is 1.96 bits per heavy atom. The number of rotatable bonds is 5. The van der Waals surface area contributed by atoms with Crippen LogP contribution in [0.1, 0.15) is 12.5 Å². The number of carbonyl (C=O) groups is 2. The van der Waals surface area contributed by atoms with Gasteiger partial charge in [0.25, 0.3) is 5.91 Å². The summed E-state index contributed by atoms with van der Waals surface area (Å²) in [4.78, 5) is 27.4. The van der Waals surface area contributed by atoms with Crippen molar-refractivity contribution < 1.29 is 19.1 Å². The molecule has 0 atom stereocenters. The lowest BCUT2D eigenvalue weighted by Crippen LogP contribution is -2.33. The van der Waals surface area contributed by atoms with Gasteiger partial charge in [0.2, 0.25) is 0 Å². The molecule has 3 rings (SSSR count). The fourth-order valence-electron chi connectivity index (χ4n) is 2.99. The quantitative estimate of drug-likeness (QED) is 0.449. The molecule has 0 unspecified atom stereocenters. The largest absolute Gasteiger partial charge is 0.493 e. The van der Waals surface area contributed by atoms with E-state index in [1.54, 1.807) is 13.1 Å². The van der Waals surface area contributed by atoms with Crippen molar-refractivity contribution in [3.05, 3.63) is 47.7 Å². The van der Waals surface area contributed by atoms with Gasteiger partial charge in [-0.1, -0.05) is 30.3 Å². The number of esters is 1. The van der Waals surface area contributed by atoms with E-state index in [1.165, 1.54) is 16.9 Å². The Balaban J connectivity index is 2.18. The zero-order chi connectivity index (χ0) is 19.6. The normalized spacial score (nSPS) is 15.7. The summed E-state index contributed by atoms with van der Waals surface area (Å²) < 4.78 is 10.5. The highest BCUT2D eigenvalue weighted by Crippen LogP contribution is 2.32. The third-order valence-corrected chi connectivity index (χ3v) is 4.85. The zero-order valence-electron chi connectivity index (χ0n) is 15.4. The maximum atomic E-state index is 12.7. The number of methoxy groups -OCH3 is 1. The smallest absolute Gasteiger partial charge is 0.325 e. The predicted molar refractivity (Wildman–Crippen MR) is 107 cm³/mol. The van der Waals surface area contributed by atoms with Gasteiger partial charge in [0, 0.05) is 12.6 Å². The van der Waals surface area contributed by atoms with Crippen LogP contribution in [0.25, 0.3) is 16.8 Å². The molecule has 0 saturated carbocycles. The van der Waals surface area contributed by atoms with Gasteiger partial charge in [0.15, 0.2) is 5.11 Å². The lowest BCUT2D eigenvalue weighted by Gasteiger charge is -2.17. The highest BCUT2D eigenvalue weighted by Gasteiger charge is 2.37. The molecule has 1 heterocycles. The zero-order valence-corrected chi connectivity index (χ0v) is 16.2. The predicted octanol–water partition coefficient (Wildman–Crippen LogP) is 2.81. The number of ether oxygens (including phenoxy) is 2. The maximum Gasteiger partial charge on any atom is 0.325 e. The van der Waals surface area contributed by atoms with Crippen LogP contribution in [0.3, 0.4) is 0 Å². The van der Waals surface area contributed by atoms with Crippen molar-refractivity contribution in [2.24, 2.45) is 0 Å². The summed E-state index contributed by atoms with van der Waals surface area (Å²) in [6, 6.07) is 11.7. The van der Waals surface area contributed by atoms with Crippen LogP contribution in [0, 0.1) is 0 Å². The van der Waals surface area contributed by atoms with Crippen LogP contribution in [-0.2, 0) is 14.3 Å². The third-order valence-electron chi connectivity index (χ3n) is 4.36. The highest BCUT2D eigenvalue weighted by molar-refractivity contribution is 7.80. The van der Waals surface area contributed by atoms with Crippen LogP contribution in [0.15, 0.2) is 42.1 Å². The Kier molecular flexibility index (Phi) is 5.41. The summed E-state index contributed by atoms with van der Waals surface area (Å²) in [7, 11) is 2.89. The van der Waals surface area contributed by atoms with Gasteiger partial charge in [0.05, 0.1) is 13.7 Å². The second kappa shape index (κ2) is 7.75. The molecule has 0 bridgehead atoms. The number of nitrogens with zero attached hydrogens (tertiary/aromatic N) is 2. The number of amides is 1. The molecule has 140 valence electrons. The summed E-state index contributed by atoms with van der Waals surface area (Å²) in [5.74, 6) is -0.0939. The highest BCUT2D eigenvalue weighted by atomic mass is 32.1. The summed E-state index contributed by atoms with van der Waals surface area (Å²) in [6.45, 7) is 2.26. The van der Waals surface area contributed by atoms with Crippen LogP contribution in [0.2, 0.25) is 0 Å². The molecule has 1 fully saturated rings. The van der Waals surface area contributed by atoms with E-state index in [-0.39, 0.29) is 17.6 Å². The van der Waals surface area contributed by atoms with Crippen LogP contribution in [0.5, 0.6) is 5.75 Å². The molecule has 0 aliphatic carbocycles. The molecule has 0 radical (unpaired) electrons. The molecule has 1 aliphatic heterocycles. The average Bonchev–Trinajstić information content (AvgIpc) is 2.87. The molecule has 7 heteroatoms. The maximum absolute atomic E-state index is 12.7. The van der Waals surface area contributed by atoms with Crippen molar-refractivity contribution in [3.8, 4) is 5.75 Å². The van der Waals surface area contributed by atoms with E-state index in [1.807, 2.05) is 43.3 Å². The number of likely N-dealkylation sites (N-methyl/N-ethyl adjacent to an activating group) is 1. The Morgan fingerprint density at radius 1 is 1.22 bits per heavy atom. The SMILES string of the molecule is CCOc1ccc2ccccc2c1C=C1C(=O)N(C)C(=S)N1CC(=O)OC. The number of hydrogen-bond acceptors (Lipinski definition) is 5. The molecular formula is C20H20N2O4S. The van der Waals surface area contributed by atoms with Gasteiger partial charge < -0.3 is 14.4 Å². The summed E-state index contributed by atoms with van der Waals surface area (Å²) in [5.41, 5.74) is 1.08. The molecule has 0 N–H and O–H groups in total. The minimum absolute atomic E-state index is 0.133. The Morgan fingerprint density at radius 3 is 2.67 bits per heavy atom. The number of hydrogen-bond donors (Lipinski definition) is 0. The lowest BCUT2D eigenvalue weighted by atomic mass is 10.0. The fraction of sp³-hybridized carbons (Fsp3) is 0.250. The van der Waals surface area contributed by atoms with Crippen molar-refractivity contribution in [1.82, 2.24) is 9.80 Å². The molecule has 2 aromatic rings. The molecule has 0 aromatic heterocycles. The first kappa shape index (κ1) is 18.8. The van der Waals surface area contributed by atoms with Gasteiger partial charge in [-0.2, -0.15) is 0 Å². The van der Waals surface area contributed by atoms with Gasteiger partial charge in [0.1, 0.15) is 18.0 Å². The van der Waals surface area contributed by atoms with Gasteiger partial charge >= 0.3 is 5.97 Å². The van der Waals surface area contributed by atoms with Crippen molar-refractivity contribution in [1.29, 1.82) is 0 Å². The Labute approximate surface area is 162 Å². The van der Waals surface area contributed by atoms with E-state index in [9.17, 15) is 9.59 Å². The monoisotopic (exact) mass is 384 g/mol. The first-order valence-electron chi connectivity index (χ1n) is 8.50. The number of thiocarbonyl (C=S) groups is 1. The first-order valence-corrected chi connectivity index (χ1v) is 8.91. The van der Waals surface area contributed by atoms with E-state index in [2.05, 4.69) is 0 Å². The number of carbonyl (C=O) groups excluding carboxylic acids is 2. The van der Waals surface area contributed by atoms with Gasteiger partial charge in [-0.3, -0.25) is 14.5 Å². The van der Waals surface area contributed by atoms with E-state index in [0.29, 0.717) is 18.1 Å². The number of fused-ring (bicyclic) bond motifs is 1. The third kappa shape index (κ3) is 3.50. The minimum atomic E-state index is -0.477. The second-order valence-corrected chi connectivity index (χ2v) is 6.34. The molecule has 1 saturated heterocycles. The van der Waals surface area contributed by atoms with Crippen molar-refractivity contribution in [2.45, 2.75) is 6.92 Å². The van der Waals surface area contributed by atoms with Crippen molar-refractivity contribution in [3.63, 3.8) is 0 Å². The van der Waals surface area contributed by atoms with Crippen molar-refractivity contribution >= 4 is 46.1 Å². The van der Waals surface area contributed by atoms with Gasteiger partial charge in [-0.05, 0) is 42.1 Å². The second-order valence-electron chi connectivity index (χ2n) is 5.97. The van der Waals surface area contributed by atoms with Crippen LogP contribution in [0.4, 0.5) is 0 Å². The molecule has 1 aliphatic rings. The van der Waals surface area contributed by atoms with E-state index in [0.717, 1.165) is 16.3 Å². The number of benzene rings is 2. The van der Waals surface area contributed by atoms with Gasteiger partial charge in [-0.25, -0.2) is 0 Å². The van der Waals surface area contributed by atoms with E-state index in [4.69, 9.17) is 21.7 Å². The molecular weight excluding hydrogens is 364 g/mol. The van der Waals surface area contributed by atoms with Crippen LogP contribution in [-0.4, -0.2) is 54.1 Å². The fourth-order valence-corrected chi connectivity index (χ4v) is 3.23. The van der Waals surface area contributed by atoms with E-state index >= 15 is 0 Å². The summed E-state index contributed by atoms with van der Waals surface area (Å²) in [5, 5.41) is 2.23. The van der Waals surface area contributed by atoms with Crippen LogP contribution >= 0.6 is 12.2 Å². The summed E-state index contributed by atoms with van der Waals surface area (Å²) >= 11 is 5.33. The first-order chi connectivity index (χ1) is 13.0. The van der Waals surface area contributed by atoms with Crippen molar-refractivity contribution in [2.75, 3.05) is 27.3 Å². The molecule has 2 aromatic carbocycles. The average molecular weight is 384 g/mol. The van der Waals surface area contributed by atoms with Gasteiger partial charge in [-0.15, -0.1) is 0 Å². The molecule has 6 nitrogen and oxygen atoms in total. The van der Waals surface area contributed by atoms with Crippen LogP contribution < -0.4 is 4.74 Å². The van der Waals surface area contributed by atoms with E-state index < -0.39 is 5.97 Å². The Hall–Kier alpha value is -2.93. The standard InChI is InChI=1S/C20H20N2O4S/c1-4-26-17-10-9-13-7-5-6-8-14(13)15(17)11-16-19(24)21(2)20(27)22(16)12-18(23)25-3/h5-11H,4,12H2,1-3H3.